The normalized spacial score (nSPS) is 14.8. The molecule has 1 saturated heterocycles. The smallest absolute Gasteiger partial charge is 0.335 e. The second-order valence-corrected chi connectivity index (χ2v) is 8.43. The van der Waals surface area contributed by atoms with Crippen molar-refractivity contribution in [1.82, 2.24) is 4.90 Å². The van der Waals surface area contributed by atoms with Crippen LogP contribution in [0.3, 0.4) is 0 Å². The number of benzene rings is 2. The van der Waals surface area contributed by atoms with E-state index in [2.05, 4.69) is 0 Å². The Bertz CT molecular complexity index is 1040. The highest BCUT2D eigenvalue weighted by atomic mass is 32.2. The molecule has 2 aromatic rings. The number of nitrogens with zero attached hydrogens (tertiary/aromatic N) is 1. The van der Waals surface area contributed by atoms with Gasteiger partial charge in [-0.1, -0.05) is 42.2 Å². The van der Waals surface area contributed by atoms with E-state index >= 15 is 0 Å². The van der Waals surface area contributed by atoms with E-state index in [9.17, 15) is 9.59 Å². The molecule has 1 amide bonds. The number of carbonyl (C=O) groups is 2. The van der Waals surface area contributed by atoms with Gasteiger partial charge in [-0.25, -0.2) is 4.79 Å². The molecule has 0 unspecified atom stereocenters. The van der Waals surface area contributed by atoms with Gasteiger partial charge < -0.3 is 19.3 Å². The van der Waals surface area contributed by atoms with Gasteiger partial charge in [-0.05, 0) is 48.4 Å². The summed E-state index contributed by atoms with van der Waals surface area (Å²) in [5.74, 6) is -0.000312. The summed E-state index contributed by atoms with van der Waals surface area (Å²) in [5.41, 5.74) is 1.85. The molecule has 1 fully saturated rings. The largest absolute Gasteiger partial charge is 0.490 e. The van der Waals surface area contributed by atoms with Gasteiger partial charge in [0.25, 0.3) is 5.91 Å². The fraction of sp³-hybridized carbons (Fsp3) is 0.261. The van der Waals surface area contributed by atoms with E-state index in [4.69, 9.17) is 31.5 Å². The van der Waals surface area contributed by atoms with Crippen LogP contribution in [0.15, 0.2) is 47.4 Å². The van der Waals surface area contributed by atoms with Crippen molar-refractivity contribution in [2.24, 2.45) is 0 Å². The van der Waals surface area contributed by atoms with Gasteiger partial charge in [-0.2, -0.15) is 0 Å². The lowest BCUT2D eigenvalue weighted by Gasteiger charge is -2.13. The van der Waals surface area contributed by atoms with Gasteiger partial charge in [0.1, 0.15) is 10.9 Å². The van der Waals surface area contributed by atoms with Gasteiger partial charge >= 0.3 is 5.97 Å². The predicted molar refractivity (Wildman–Crippen MR) is 127 cm³/mol. The Morgan fingerprint density at radius 2 is 1.91 bits per heavy atom. The van der Waals surface area contributed by atoms with Crippen LogP contribution in [0.4, 0.5) is 0 Å². The minimum absolute atomic E-state index is 0.139. The number of methoxy groups -OCH3 is 1. The fourth-order valence-corrected chi connectivity index (χ4v) is 4.24. The summed E-state index contributed by atoms with van der Waals surface area (Å²) in [7, 11) is 1.58. The molecule has 2 aromatic carbocycles. The topological polar surface area (TPSA) is 85.3 Å². The summed E-state index contributed by atoms with van der Waals surface area (Å²) >= 11 is 6.57. The maximum Gasteiger partial charge on any atom is 0.335 e. The molecule has 7 nitrogen and oxygen atoms in total. The Morgan fingerprint density at radius 3 is 2.56 bits per heavy atom. The standard InChI is InChI=1S/C23H23NO6S2/c1-3-29-19-12-16(13-20-21(25)24(10-11-28-2)23(31)32-20)6-9-18(19)30-14-15-4-7-17(8-5-15)22(26)27/h4-9,12-13H,3,10-11,14H2,1-2H3,(H,26,27). The van der Waals surface area contributed by atoms with Crippen molar-refractivity contribution < 1.29 is 28.9 Å². The zero-order chi connectivity index (χ0) is 23.1. The molecule has 9 heteroatoms. The van der Waals surface area contributed by atoms with Gasteiger partial charge in [0.2, 0.25) is 0 Å². The first kappa shape index (κ1) is 23.8. The summed E-state index contributed by atoms with van der Waals surface area (Å²) in [6.45, 7) is 3.42. The minimum atomic E-state index is -0.970. The number of rotatable bonds is 10. The van der Waals surface area contributed by atoms with E-state index in [1.165, 1.54) is 28.8 Å². The maximum absolute atomic E-state index is 12.6. The molecule has 1 aliphatic rings. The van der Waals surface area contributed by atoms with Crippen LogP contribution in [0, 0.1) is 0 Å². The zero-order valence-electron chi connectivity index (χ0n) is 17.7. The number of ether oxygens (including phenoxy) is 3. The fourth-order valence-electron chi connectivity index (χ4n) is 2.93. The molecule has 168 valence electrons. The van der Waals surface area contributed by atoms with E-state index in [0.717, 1.165) is 11.1 Å². The van der Waals surface area contributed by atoms with E-state index in [1.807, 2.05) is 19.1 Å². The highest BCUT2D eigenvalue weighted by Crippen LogP contribution is 2.35. The zero-order valence-corrected chi connectivity index (χ0v) is 19.3. The Labute approximate surface area is 196 Å². The van der Waals surface area contributed by atoms with Crippen molar-refractivity contribution >= 4 is 46.3 Å². The Morgan fingerprint density at radius 1 is 1.16 bits per heavy atom. The molecule has 0 bridgehead atoms. The third kappa shape index (κ3) is 5.87. The van der Waals surface area contributed by atoms with Gasteiger partial charge in [0.05, 0.1) is 30.2 Å². The number of carboxylic acid groups (broad SMARTS) is 1. The Balaban J connectivity index is 1.74. The summed E-state index contributed by atoms with van der Waals surface area (Å²) in [4.78, 5) is 25.7. The molecular weight excluding hydrogens is 450 g/mol. The number of hydrogen-bond acceptors (Lipinski definition) is 7. The number of aromatic carboxylic acids is 1. The second-order valence-electron chi connectivity index (χ2n) is 6.76. The van der Waals surface area contributed by atoms with Crippen molar-refractivity contribution in [2.75, 3.05) is 26.9 Å². The first-order chi connectivity index (χ1) is 15.4. The van der Waals surface area contributed by atoms with Crippen LogP contribution in [-0.2, 0) is 16.1 Å². The van der Waals surface area contributed by atoms with Crippen LogP contribution in [0.2, 0.25) is 0 Å². The number of thioether (sulfide) groups is 1. The summed E-state index contributed by atoms with van der Waals surface area (Å²) in [6, 6.07) is 11.9. The van der Waals surface area contributed by atoms with Crippen LogP contribution in [0.25, 0.3) is 6.08 Å². The molecule has 0 aromatic heterocycles. The van der Waals surface area contributed by atoms with Crippen LogP contribution in [-0.4, -0.2) is 53.1 Å². The summed E-state index contributed by atoms with van der Waals surface area (Å²) in [5, 5.41) is 9.00. The summed E-state index contributed by atoms with van der Waals surface area (Å²) in [6.07, 6.45) is 1.78. The molecule has 0 atom stereocenters. The van der Waals surface area contributed by atoms with Crippen LogP contribution >= 0.6 is 24.0 Å². The molecule has 0 radical (unpaired) electrons. The molecular formula is C23H23NO6S2. The first-order valence-electron chi connectivity index (χ1n) is 9.89. The van der Waals surface area contributed by atoms with Crippen molar-refractivity contribution in [3.63, 3.8) is 0 Å². The number of amides is 1. The van der Waals surface area contributed by atoms with Crippen molar-refractivity contribution in [1.29, 1.82) is 0 Å². The van der Waals surface area contributed by atoms with Crippen LogP contribution in [0.5, 0.6) is 11.5 Å². The average Bonchev–Trinajstić information content (AvgIpc) is 3.04. The molecule has 1 heterocycles. The SMILES string of the molecule is CCOc1cc(C=C2SC(=S)N(CCOC)C2=O)ccc1OCc1ccc(C(=O)O)cc1. The predicted octanol–water partition coefficient (Wildman–Crippen LogP) is 4.21. The third-order valence-corrected chi connectivity index (χ3v) is 5.93. The number of carboxylic acids is 1. The molecule has 32 heavy (non-hydrogen) atoms. The Kier molecular flexibility index (Phi) is 8.26. The maximum atomic E-state index is 12.6. The summed E-state index contributed by atoms with van der Waals surface area (Å²) < 4.78 is 17.2. The second kappa shape index (κ2) is 11.1. The van der Waals surface area contributed by atoms with E-state index in [1.54, 1.807) is 31.4 Å². The van der Waals surface area contributed by atoms with Crippen molar-refractivity contribution in [3.8, 4) is 11.5 Å². The molecule has 0 saturated carbocycles. The monoisotopic (exact) mass is 473 g/mol. The minimum Gasteiger partial charge on any atom is -0.490 e. The Hall–Kier alpha value is -2.88. The van der Waals surface area contributed by atoms with Gasteiger partial charge in [0, 0.05) is 7.11 Å². The third-order valence-electron chi connectivity index (χ3n) is 4.55. The van der Waals surface area contributed by atoms with Gasteiger partial charge in [-0.15, -0.1) is 0 Å². The molecule has 3 rings (SSSR count). The van der Waals surface area contributed by atoms with Crippen molar-refractivity contribution in [2.45, 2.75) is 13.5 Å². The van der Waals surface area contributed by atoms with Gasteiger partial charge in [0.15, 0.2) is 11.5 Å². The molecule has 1 N–H and O–H groups in total. The van der Waals surface area contributed by atoms with E-state index < -0.39 is 5.97 Å². The lowest BCUT2D eigenvalue weighted by atomic mass is 10.1. The molecule has 1 aliphatic heterocycles. The quantitative estimate of drug-likeness (QED) is 0.406. The highest BCUT2D eigenvalue weighted by Gasteiger charge is 2.31. The van der Waals surface area contributed by atoms with Crippen molar-refractivity contribution in [3.05, 3.63) is 64.1 Å². The lowest BCUT2D eigenvalue weighted by Crippen LogP contribution is -2.31. The first-order valence-corrected chi connectivity index (χ1v) is 11.1. The lowest BCUT2D eigenvalue weighted by molar-refractivity contribution is -0.122. The van der Waals surface area contributed by atoms with E-state index in [0.29, 0.717) is 40.5 Å². The average molecular weight is 474 g/mol. The van der Waals surface area contributed by atoms with Crippen LogP contribution < -0.4 is 9.47 Å². The van der Waals surface area contributed by atoms with Crippen LogP contribution in [0.1, 0.15) is 28.4 Å². The molecule has 0 aliphatic carbocycles. The number of thiocarbonyl (C=S) groups is 1. The highest BCUT2D eigenvalue weighted by molar-refractivity contribution is 8.26. The number of hydrogen-bond donors (Lipinski definition) is 1. The van der Waals surface area contributed by atoms with E-state index in [-0.39, 0.29) is 18.1 Å². The molecule has 0 spiro atoms. The number of carbonyl (C=O) groups excluding carboxylic acids is 1. The van der Waals surface area contributed by atoms with Gasteiger partial charge in [-0.3, -0.25) is 9.69 Å².